The minimum Gasteiger partial charge on any atom is -0.322 e. The number of carbonyl (C=O) groups excluding carboxylic acids is 1. The summed E-state index contributed by atoms with van der Waals surface area (Å²) < 4.78 is 43.1. The monoisotopic (exact) mass is 510 g/mol. The third-order valence-corrected chi connectivity index (χ3v) is 6.40. The lowest BCUT2D eigenvalue weighted by atomic mass is 10.1. The highest BCUT2D eigenvalue weighted by Crippen LogP contribution is 2.36. The summed E-state index contributed by atoms with van der Waals surface area (Å²) in [4.78, 5) is 17.1. The molecule has 1 heterocycles. The number of carbonyl (C=O) groups is 1. The Morgan fingerprint density at radius 3 is 2.67 bits per heavy atom. The zero-order chi connectivity index (χ0) is 21.6. The van der Waals surface area contributed by atoms with Gasteiger partial charge in [0.1, 0.15) is 10.8 Å². The minimum atomic E-state index is -1.32. The molecule has 0 spiro atoms. The van der Waals surface area contributed by atoms with Gasteiger partial charge in [-0.1, -0.05) is 27.5 Å². The Morgan fingerprint density at radius 1 is 1.13 bits per heavy atom. The Hall–Kier alpha value is -2.42. The number of hydrogen-bond donors (Lipinski definition) is 1. The zero-order valence-corrected chi connectivity index (χ0v) is 18.4. The summed E-state index contributed by atoms with van der Waals surface area (Å²) >= 11 is 10.5. The fourth-order valence-electron chi connectivity index (χ4n) is 2.94. The van der Waals surface area contributed by atoms with E-state index < -0.39 is 28.4 Å². The Balaban J connectivity index is 1.74. The first-order valence-electron chi connectivity index (χ1n) is 8.56. The van der Waals surface area contributed by atoms with Crippen LogP contribution in [-0.2, 0) is 0 Å². The number of rotatable bonds is 3. The van der Waals surface area contributed by atoms with Gasteiger partial charge >= 0.3 is 0 Å². The zero-order valence-electron chi connectivity index (χ0n) is 15.2. The van der Waals surface area contributed by atoms with Gasteiger partial charge in [0.25, 0.3) is 5.91 Å². The molecule has 3 aromatic carbocycles. The predicted octanol–water partition coefficient (Wildman–Crippen LogP) is 7.36. The number of nitrogens with one attached hydrogen (secondary N) is 1. The first kappa shape index (κ1) is 20.8. The van der Waals surface area contributed by atoms with Gasteiger partial charge in [-0.2, -0.15) is 0 Å². The van der Waals surface area contributed by atoms with Gasteiger partial charge in [-0.05, 0) is 55.0 Å². The van der Waals surface area contributed by atoms with Crippen molar-refractivity contribution < 1.29 is 18.0 Å². The molecule has 0 aliphatic rings. The molecule has 0 radical (unpaired) electrons. The van der Waals surface area contributed by atoms with Crippen molar-refractivity contribution >= 4 is 60.7 Å². The lowest BCUT2D eigenvalue weighted by Crippen LogP contribution is -2.14. The van der Waals surface area contributed by atoms with E-state index in [1.807, 2.05) is 18.2 Å². The third-order valence-electron chi connectivity index (χ3n) is 4.48. The van der Waals surface area contributed by atoms with Crippen LogP contribution in [0.15, 0.2) is 46.9 Å². The van der Waals surface area contributed by atoms with Crippen LogP contribution in [-0.4, -0.2) is 10.9 Å². The van der Waals surface area contributed by atoms with Crippen molar-refractivity contribution in [3.05, 3.63) is 80.5 Å². The van der Waals surface area contributed by atoms with Crippen LogP contribution in [0.3, 0.4) is 0 Å². The van der Waals surface area contributed by atoms with E-state index in [2.05, 4.69) is 26.2 Å². The summed E-state index contributed by atoms with van der Waals surface area (Å²) in [5.74, 6) is -3.85. The second-order valence-electron chi connectivity index (χ2n) is 6.43. The van der Waals surface area contributed by atoms with E-state index >= 15 is 0 Å². The molecule has 30 heavy (non-hydrogen) atoms. The summed E-state index contributed by atoms with van der Waals surface area (Å²) in [5.41, 5.74) is 1.77. The van der Waals surface area contributed by atoms with E-state index in [4.69, 9.17) is 11.6 Å². The molecule has 0 saturated carbocycles. The van der Waals surface area contributed by atoms with E-state index in [1.165, 1.54) is 17.4 Å². The number of thiazole rings is 1. The van der Waals surface area contributed by atoms with Crippen LogP contribution < -0.4 is 5.32 Å². The first-order chi connectivity index (χ1) is 14.2. The molecular formula is C21H11BrClF3N2OS. The molecule has 0 atom stereocenters. The molecule has 152 valence electrons. The average molecular weight is 512 g/mol. The van der Waals surface area contributed by atoms with Crippen LogP contribution in [0.2, 0.25) is 5.02 Å². The molecule has 0 aliphatic heterocycles. The standard InChI is InChI=1S/C21H11BrClF3N2OS/c1-9-13(21-28-15-5-2-10(22)6-17(15)30-21)7-11(24)8-16(9)27-20(29)12-3-4-14(25)19(26)18(12)23/h2-8H,1H3,(H,27,29). The summed E-state index contributed by atoms with van der Waals surface area (Å²) in [6.07, 6.45) is 0. The number of aromatic nitrogens is 1. The highest BCUT2D eigenvalue weighted by Gasteiger charge is 2.20. The molecule has 1 N–H and O–H groups in total. The van der Waals surface area contributed by atoms with Crippen molar-refractivity contribution in [2.24, 2.45) is 0 Å². The topological polar surface area (TPSA) is 42.0 Å². The summed E-state index contributed by atoms with van der Waals surface area (Å²) in [6.45, 7) is 1.71. The molecule has 0 saturated heterocycles. The third kappa shape index (κ3) is 3.82. The smallest absolute Gasteiger partial charge is 0.257 e. The lowest BCUT2D eigenvalue weighted by molar-refractivity contribution is 0.102. The van der Waals surface area contributed by atoms with E-state index in [1.54, 1.807) is 6.92 Å². The summed E-state index contributed by atoms with van der Waals surface area (Å²) in [6, 6.07) is 9.98. The minimum absolute atomic E-state index is 0.177. The van der Waals surface area contributed by atoms with E-state index in [9.17, 15) is 18.0 Å². The molecular weight excluding hydrogens is 501 g/mol. The number of fused-ring (bicyclic) bond motifs is 1. The Labute approximate surface area is 186 Å². The number of benzene rings is 3. The van der Waals surface area contributed by atoms with Gasteiger partial charge in [0.2, 0.25) is 0 Å². The van der Waals surface area contributed by atoms with Crippen molar-refractivity contribution in [3.8, 4) is 10.6 Å². The average Bonchev–Trinajstić information content (AvgIpc) is 3.11. The molecule has 4 aromatic rings. The molecule has 1 amide bonds. The molecule has 1 aromatic heterocycles. The van der Waals surface area contributed by atoms with Crippen molar-refractivity contribution in [1.29, 1.82) is 0 Å². The second kappa shape index (κ2) is 8.02. The van der Waals surface area contributed by atoms with Crippen LogP contribution in [0.1, 0.15) is 15.9 Å². The number of halogens is 5. The van der Waals surface area contributed by atoms with Gasteiger partial charge in [0.05, 0.1) is 20.8 Å². The SMILES string of the molecule is Cc1c(NC(=O)c2ccc(F)c(F)c2Cl)cc(F)cc1-c1nc2ccc(Br)cc2s1. The van der Waals surface area contributed by atoms with E-state index in [-0.39, 0.29) is 11.3 Å². The Kier molecular flexibility index (Phi) is 5.57. The van der Waals surface area contributed by atoms with Crippen LogP contribution >= 0.6 is 38.9 Å². The maximum Gasteiger partial charge on any atom is 0.257 e. The molecule has 9 heteroatoms. The van der Waals surface area contributed by atoms with Gasteiger partial charge in [-0.25, -0.2) is 18.2 Å². The van der Waals surface area contributed by atoms with Crippen molar-refractivity contribution in [2.75, 3.05) is 5.32 Å². The fourth-order valence-corrected chi connectivity index (χ4v) is 4.77. The second-order valence-corrected chi connectivity index (χ2v) is 8.76. The Bertz CT molecular complexity index is 1330. The van der Waals surface area contributed by atoms with E-state index in [0.717, 1.165) is 32.9 Å². The van der Waals surface area contributed by atoms with Gasteiger partial charge in [-0.3, -0.25) is 4.79 Å². The van der Waals surface area contributed by atoms with Crippen LogP contribution in [0.5, 0.6) is 0 Å². The first-order valence-corrected chi connectivity index (χ1v) is 10.5. The summed E-state index contributed by atoms with van der Waals surface area (Å²) in [7, 11) is 0. The number of amides is 1. The van der Waals surface area contributed by atoms with Gasteiger partial charge in [0, 0.05) is 15.7 Å². The fraction of sp³-hybridized carbons (Fsp3) is 0.0476. The summed E-state index contributed by atoms with van der Waals surface area (Å²) in [5, 5.41) is 2.47. The van der Waals surface area contributed by atoms with Gasteiger partial charge in [0.15, 0.2) is 11.6 Å². The van der Waals surface area contributed by atoms with Crippen LogP contribution in [0.25, 0.3) is 20.8 Å². The molecule has 0 bridgehead atoms. The van der Waals surface area contributed by atoms with E-state index in [0.29, 0.717) is 16.1 Å². The maximum atomic E-state index is 14.3. The molecule has 0 fully saturated rings. The Morgan fingerprint density at radius 2 is 1.90 bits per heavy atom. The molecule has 3 nitrogen and oxygen atoms in total. The van der Waals surface area contributed by atoms with Crippen molar-refractivity contribution in [1.82, 2.24) is 4.98 Å². The number of hydrogen-bond acceptors (Lipinski definition) is 3. The van der Waals surface area contributed by atoms with Crippen molar-refractivity contribution in [3.63, 3.8) is 0 Å². The highest BCUT2D eigenvalue weighted by molar-refractivity contribution is 9.10. The normalized spacial score (nSPS) is 11.1. The van der Waals surface area contributed by atoms with Crippen LogP contribution in [0, 0.1) is 24.4 Å². The highest BCUT2D eigenvalue weighted by atomic mass is 79.9. The molecule has 0 unspecified atom stereocenters. The largest absolute Gasteiger partial charge is 0.322 e. The maximum absolute atomic E-state index is 14.3. The predicted molar refractivity (Wildman–Crippen MR) is 117 cm³/mol. The number of anilines is 1. The van der Waals surface area contributed by atoms with Crippen molar-refractivity contribution in [2.45, 2.75) is 6.92 Å². The lowest BCUT2D eigenvalue weighted by Gasteiger charge is -2.13. The number of nitrogens with zero attached hydrogens (tertiary/aromatic N) is 1. The quantitative estimate of drug-likeness (QED) is 0.292. The van der Waals surface area contributed by atoms with Gasteiger partial charge < -0.3 is 5.32 Å². The molecule has 0 aliphatic carbocycles. The van der Waals surface area contributed by atoms with Gasteiger partial charge in [-0.15, -0.1) is 11.3 Å². The molecule has 4 rings (SSSR count). The van der Waals surface area contributed by atoms with Crippen LogP contribution in [0.4, 0.5) is 18.9 Å².